The Morgan fingerprint density at radius 1 is 1.06 bits per heavy atom. The Labute approximate surface area is 101 Å². The normalized spacial score (nSPS) is 20.1. The van der Waals surface area contributed by atoms with Crippen molar-refractivity contribution in [2.75, 3.05) is 26.3 Å². The minimum absolute atomic E-state index is 0.270. The molecular weight excluding hydrogens is 198 g/mol. The summed E-state index contributed by atoms with van der Waals surface area (Å²) in [6, 6.07) is 0. The van der Waals surface area contributed by atoms with Crippen molar-refractivity contribution in [1.82, 2.24) is 4.90 Å². The molecule has 1 aliphatic rings. The minimum Gasteiger partial charge on any atom is -0.379 e. The van der Waals surface area contributed by atoms with E-state index in [-0.39, 0.29) is 5.54 Å². The lowest BCUT2D eigenvalue weighted by atomic mass is 9.70. The first-order chi connectivity index (χ1) is 7.42. The highest BCUT2D eigenvalue weighted by molar-refractivity contribution is 4.95. The van der Waals surface area contributed by atoms with Crippen molar-refractivity contribution in [3.63, 3.8) is 0 Å². The zero-order chi connectivity index (χ0) is 12.2. The summed E-state index contributed by atoms with van der Waals surface area (Å²) in [6.07, 6.45) is 3.94. The summed E-state index contributed by atoms with van der Waals surface area (Å²) in [5, 5.41) is 0. The second-order valence-electron chi connectivity index (χ2n) is 6.15. The van der Waals surface area contributed by atoms with Gasteiger partial charge in [-0.15, -0.1) is 0 Å². The van der Waals surface area contributed by atoms with Crippen molar-refractivity contribution in [2.45, 2.75) is 59.4 Å². The van der Waals surface area contributed by atoms with E-state index in [0.717, 1.165) is 26.3 Å². The smallest absolute Gasteiger partial charge is 0.0594 e. The number of unbranched alkanes of at least 4 members (excludes halogenated alkanes) is 1. The van der Waals surface area contributed by atoms with Crippen molar-refractivity contribution in [3.05, 3.63) is 0 Å². The van der Waals surface area contributed by atoms with Crippen LogP contribution in [0, 0.1) is 5.41 Å². The van der Waals surface area contributed by atoms with Crippen molar-refractivity contribution in [1.29, 1.82) is 0 Å². The van der Waals surface area contributed by atoms with Crippen LogP contribution in [-0.2, 0) is 4.74 Å². The van der Waals surface area contributed by atoms with E-state index < -0.39 is 0 Å². The number of rotatable bonds is 5. The maximum absolute atomic E-state index is 5.45. The van der Waals surface area contributed by atoms with Gasteiger partial charge in [0.05, 0.1) is 13.2 Å². The van der Waals surface area contributed by atoms with E-state index in [9.17, 15) is 0 Å². The maximum Gasteiger partial charge on any atom is 0.0594 e. The SMILES string of the molecule is CCCCC(C)(C)C(C)(C)N1CCOCC1. The fourth-order valence-electron chi connectivity index (χ4n) is 2.48. The topological polar surface area (TPSA) is 12.5 Å². The van der Waals surface area contributed by atoms with Crippen LogP contribution in [0.2, 0.25) is 0 Å². The van der Waals surface area contributed by atoms with E-state index in [1.807, 2.05) is 0 Å². The van der Waals surface area contributed by atoms with Gasteiger partial charge >= 0.3 is 0 Å². The van der Waals surface area contributed by atoms with Crippen LogP contribution in [-0.4, -0.2) is 36.7 Å². The Balaban J connectivity index is 2.65. The average molecular weight is 227 g/mol. The van der Waals surface area contributed by atoms with Gasteiger partial charge in [0, 0.05) is 18.6 Å². The molecule has 0 bridgehead atoms. The summed E-state index contributed by atoms with van der Waals surface area (Å²) in [5.74, 6) is 0. The van der Waals surface area contributed by atoms with Gasteiger partial charge in [0.15, 0.2) is 0 Å². The van der Waals surface area contributed by atoms with E-state index in [2.05, 4.69) is 39.5 Å². The van der Waals surface area contributed by atoms with Crippen LogP contribution in [0.15, 0.2) is 0 Å². The molecule has 1 rings (SSSR count). The number of hydrogen-bond donors (Lipinski definition) is 0. The Hall–Kier alpha value is -0.0800. The van der Waals surface area contributed by atoms with E-state index in [1.165, 1.54) is 19.3 Å². The molecule has 0 N–H and O–H groups in total. The molecule has 1 saturated heterocycles. The number of morpholine rings is 1. The van der Waals surface area contributed by atoms with Crippen molar-refractivity contribution >= 4 is 0 Å². The molecule has 0 saturated carbocycles. The number of nitrogens with zero attached hydrogens (tertiary/aromatic N) is 1. The fraction of sp³-hybridized carbons (Fsp3) is 1.00. The molecule has 16 heavy (non-hydrogen) atoms. The number of ether oxygens (including phenoxy) is 1. The zero-order valence-corrected chi connectivity index (χ0v) is 11.8. The van der Waals surface area contributed by atoms with E-state index in [1.54, 1.807) is 0 Å². The molecular formula is C14H29NO. The molecule has 0 aromatic rings. The molecule has 0 radical (unpaired) electrons. The van der Waals surface area contributed by atoms with Crippen molar-refractivity contribution in [2.24, 2.45) is 5.41 Å². The maximum atomic E-state index is 5.45. The lowest BCUT2D eigenvalue weighted by Crippen LogP contribution is -2.57. The Kier molecular flexibility index (Phi) is 4.81. The molecule has 1 fully saturated rings. The second kappa shape index (κ2) is 5.50. The lowest BCUT2D eigenvalue weighted by Gasteiger charge is -2.51. The van der Waals surface area contributed by atoms with Crippen LogP contribution in [0.3, 0.4) is 0 Å². The molecule has 0 unspecified atom stereocenters. The first-order valence-electron chi connectivity index (χ1n) is 6.74. The van der Waals surface area contributed by atoms with Crippen molar-refractivity contribution in [3.8, 4) is 0 Å². The summed E-state index contributed by atoms with van der Waals surface area (Å²) in [5.41, 5.74) is 0.645. The monoisotopic (exact) mass is 227 g/mol. The van der Waals surface area contributed by atoms with Crippen LogP contribution in [0.4, 0.5) is 0 Å². The highest BCUT2D eigenvalue weighted by Gasteiger charge is 2.41. The minimum atomic E-state index is 0.270. The van der Waals surface area contributed by atoms with Crippen LogP contribution < -0.4 is 0 Å². The quantitative estimate of drug-likeness (QED) is 0.714. The van der Waals surface area contributed by atoms with Gasteiger partial charge in [0.25, 0.3) is 0 Å². The van der Waals surface area contributed by atoms with Crippen LogP contribution in [0.1, 0.15) is 53.9 Å². The summed E-state index contributed by atoms with van der Waals surface area (Å²) in [7, 11) is 0. The molecule has 1 aliphatic heterocycles. The Bertz CT molecular complexity index is 205. The molecule has 2 heteroatoms. The molecule has 1 heterocycles. The van der Waals surface area contributed by atoms with E-state index >= 15 is 0 Å². The van der Waals surface area contributed by atoms with Gasteiger partial charge in [-0.25, -0.2) is 0 Å². The highest BCUT2D eigenvalue weighted by Crippen LogP contribution is 2.40. The predicted molar refractivity (Wildman–Crippen MR) is 69.8 cm³/mol. The molecule has 0 amide bonds. The summed E-state index contributed by atoms with van der Waals surface area (Å²) in [4.78, 5) is 2.60. The standard InChI is InChI=1S/C14H29NO/c1-6-7-8-13(2,3)14(4,5)15-9-11-16-12-10-15/h6-12H2,1-5H3. The van der Waals surface area contributed by atoms with Gasteiger partial charge in [-0.3, -0.25) is 4.90 Å². The zero-order valence-electron chi connectivity index (χ0n) is 11.8. The third kappa shape index (κ3) is 2.98. The Morgan fingerprint density at radius 3 is 2.12 bits per heavy atom. The first kappa shape index (κ1) is 14.0. The molecule has 0 aliphatic carbocycles. The lowest BCUT2D eigenvalue weighted by molar-refractivity contribution is -0.0589. The van der Waals surface area contributed by atoms with Crippen molar-refractivity contribution < 1.29 is 4.74 Å². The average Bonchev–Trinajstić information content (AvgIpc) is 2.27. The summed E-state index contributed by atoms with van der Waals surface area (Å²) < 4.78 is 5.45. The molecule has 96 valence electrons. The van der Waals surface area contributed by atoms with E-state index in [4.69, 9.17) is 4.74 Å². The fourth-order valence-corrected chi connectivity index (χ4v) is 2.48. The van der Waals surface area contributed by atoms with E-state index in [0.29, 0.717) is 5.41 Å². The van der Waals surface area contributed by atoms with Crippen LogP contribution in [0.5, 0.6) is 0 Å². The largest absolute Gasteiger partial charge is 0.379 e. The van der Waals surface area contributed by atoms with Crippen LogP contribution >= 0.6 is 0 Å². The molecule has 2 nitrogen and oxygen atoms in total. The summed E-state index contributed by atoms with van der Waals surface area (Å²) >= 11 is 0. The second-order valence-corrected chi connectivity index (χ2v) is 6.15. The van der Waals surface area contributed by atoms with Gasteiger partial charge in [-0.05, 0) is 25.7 Å². The third-order valence-electron chi connectivity index (χ3n) is 4.61. The van der Waals surface area contributed by atoms with Gasteiger partial charge in [-0.1, -0.05) is 33.6 Å². The molecule has 0 spiro atoms. The summed E-state index contributed by atoms with van der Waals surface area (Å²) in [6.45, 7) is 15.9. The molecule has 0 atom stereocenters. The third-order valence-corrected chi connectivity index (χ3v) is 4.61. The van der Waals surface area contributed by atoms with Gasteiger partial charge < -0.3 is 4.74 Å². The first-order valence-corrected chi connectivity index (χ1v) is 6.74. The van der Waals surface area contributed by atoms with Gasteiger partial charge in [0.2, 0.25) is 0 Å². The Morgan fingerprint density at radius 2 is 1.62 bits per heavy atom. The van der Waals surface area contributed by atoms with Gasteiger partial charge in [-0.2, -0.15) is 0 Å². The van der Waals surface area contributed by atoms with Crippen LogP contribution in [0.25, 0.3) is 0 Å². The highest BCUT2D eigenvalue weighted by atomic mass is 16.5. The predicted octanol–water partition coefficient (Wildman–Crippen LogP) is 3.31. The van der Waals surface area contributed by atoms with Gasteiger partial charge in [0.1, 0.15) is 0 Å². The number of hydrogen-bond acceptors (Lipinski definition) is 2. The molecule has 0 aromatic heterocycles. The molecule has 0 aromatic carbocycles.